The third-order valence-corrected chi connectivity index (χ3v) is 4.02. The third kappa shape index (κ3) is 2.76. The van der Waals surface area contributed by atoms with Crippen LogP contribution >= 0.6 is 0 Å². The molecule has 0 radical (unpaired) electrons. The number of nitrogens with zero attached hydrogens (tertiary/aromatic N) is 3. The van der Waals surface area contributed by atoms with Crippen molar-refractivity contribution in [3.05, 3.63) is 70.3 Å². The van der Waals surface area contributed by atoms with Crippen molar-refractivity contribution in [3.8, 4) is 0 Å². The zero-order valence-corrected chi connectivity index (χ0v) is 12.9. The number of carbonyl (C=O) groups is 1. The topological polar surface area (TPSA) is 90.9 Å². The summed E-state index contributed by atoms with van der Waals surface area (Å²) in [6.07, 6.45) is 0. The first-order valence-corrected chi connectivity index (χ1v) is 7.38. The molecule has 0 saturated carbocycles. The fourth-order valence-corrected chi connectivity index (χ4v) is 2.71. The fourth-order valence-electron chi connectivity index (χ4n) is 2.71. The molecule has 3 rings (SSSR count). The summed E-state index contributed by atoms with van der Waals surface area (Å²) in [6, 6.07) is 11.4. The maximum atomic E-state index is 13.1. The van der Waals surface area contributed by atoms with E-state index in [0.717, 1.165) is 4.68 Å². The van der Waals surface area contributed by atoms with Crippen LogP contribution in [0.1, 0.15) is 24.4 Å². The van der Waals surface area contributed by atoms with Gasteiger partial charge in [-0.2, -0.15) is 4.68 Å². The van der Waals surface area contributed by atoms with Crippen LogP contribution in [0.5, 0.6) is 0 Å². The van der Waals surface area contributed by atoms with Crippen molar-refractivity contribution in [2.75, 3.05) is 0 Å². The number of rotatable bonds is 4. The molecule has 122 valence electrons. The van der Waals surface area contributed by atoms with Gasteiger partial charge in [-0.3, -0.25) is 9.59 Å². The Morgan fingerprint density at radius 3 is 2.50 bits per heavy atom. The zero-order valence-electron chi connectivity index (χ0n) is 12.9. The quantitative estimate of drug-likeness (QED) is 0.791. The summed E-state index contributed by atoms with van der Waals surface area (Å²) < 4.78 is 14.1. The molecule has 0 spiro atoms. The number of halogens is 1. The van der Waals surface area contributed by atoms with Crippen LogP contribution in [0.25, 0.3) is 10.9 Å². The van der Waals surface area contributed by atoms with Gasteiger partial charge in [0, 0.05) is 5.92 Å². The molecule has 2 N–H and O–H groups in total. The summed E-state index contributed by atoms with van der Waals surface area (Å²) in [5, 5.41) is 8.20. The number of carbonyl (C=O) groups excluding carboxylic acids is 1. The van der Waals surface area contributed by atoms with Gasteiger partial charge in [0.2, 0.25) is 5.91 Å². The molecule has 0 aliphatic carbocycles. The van der Waals surface area contributed by atoms with Crippen LogP contribution < -0.4 is 11.3 Å². The second kappa shape index (κ2) is 6.19. The molecule has 0 aliphatic heterocycles. The normalized spacial score (nSPS) is 13.6. The summed E-state index contributed by atoms with van der Waals surface area (Å²) >= 11 is 0. The number of aromatic nitrogens is 3. The van der Waals surface area contributed by atoms with Crippen molar-refractivity contribution in [2.45, 2.75) is 18.9 Å². The van der Waals surface area contributed by atoms with E-state index >= 15 is 0 Å². The van der Waals surface area contributed by atoms with Crippen LogP contribution in [0.3, 0.4) is 0 Å². The largest absolute Gasteiger partial charge is 0.368 e. The average molecular weight is 326 g/mol. The SMILES string of the molecule is CC(c1ccc(F)cc1)C(C(N)=O)n1nnc2ccccc2c1=O. The fraction of sp³-hybridized carbons (Fsp3) is 0.176. The molecule has 1 heterocycles. The Bertz CT molecular complexity index is 953. The Hall–Kier alpha value is -3.09. The van der Waals surface area contributed by atoms with Gasteiger partial charge in [0.15, 0.2) is 0 Å². The minimum absolute atomic E-state index is 0.352. The molecule has 1 amide bonds. The van der Waals surface area contributed by atoms with Gasteiger partial charge in [-0.05, 0) is 29.8 Å². The van der Waals surface area contributed by atoms with E-state index in [1.807, 2.05) is 0 Å². The van der Waals surface area contributed by atoms with Crippen LogP contribution in [-0.4, -0.2) is 20.9 Å². The summed E-state index contributed by atoms with van der Waals surface area (Å²) in [6.45, 7) is 1.73. The second-order valence-electron chi connectivity index (χ2n) is 5.54. The number of fused-ring (bicyclic) bond motifs is 1. The van der Waals surface area contributed by atoms with E-state index in [1.54, 1.807) is 43.3 Å². The van der Waals surface area contributed by atoms with Crippen LogP contribution in [0.15, 0.2) is 53.3 Å². The minimum atomic E-state index is -1.03. The molecule has 0 bridgehead atoms. The highest BCUT2D eigenvalue weighted by molar-refractivity contribution is 5.80. The molecule has 7 heteroatoms. The van der Waals surface area contributed by atoms with Gasteiger partial charge >= 0.3 is 0 Å². The predicted octanol–water partition coefficient (Wildman–Crippen LogP) is 1.76. The lowest BCUT2D eigenvalue weighted by molar-refractivity contribution is -0.122. The Balaban J connectivity index is 2.12. The van der Waals surface area contributed by atoms with Gasteiger partial charge in [0.05, 0.1) is 5.39 Å². The Kier molecular flexibility index (Phi) is 4.07. The number of amides is 1. The van der Waals surface area contributed by atoms with E-state index in [0.29, 0.717) is 16.5 Å². The van der Waals surface area contributed by atoms with Crippen molar-refractivity contribution in [1.82, 2.24) is 15.0 Å². The number of hydrogen-bond acceptors (Lipinski definition) is 4. The maximum absolute atomic E-state index is 13.1. The van der Waals surface area contributed by atoms with Gasteiger partial charge in [0.25, 0.3) is 5.56 Å². The predicted molar refractivity (Wildman–Crippen MR) is 86.8 cm³/mol. The molecule has 0 saturated heterocycles. The molecule has 2 atom stereocenters. The number of nitrogens with two attached hydrogens (primary N) is 1. The Morgan fingerprint density at radius 1 is 1.17 bits per heavy atom. The number of hydrogen-bond donors (Lipinski definition) is 1. The van der Waals surface area contributed by atoms with Crippen molar-refractivity contribution in [3.63, 3.8) is 0 Å². The first kappa shape index (κ1) is 15.8. The highest BCUT2D eigenvalue weighted by Gasteiger charge is 2.29. The summed E-state index contributed by atoms with van der Waals surface area (Å²) in [5.41, 5.74) is 6.17. The lowest BCUT2D eigenvalue weighted by atomic mass is 9.93. The molecule has 6 nitrogen and oxygen atoms in total. The van der Waals surface area contributed by atoms with E-state index in [-0.39, 0.29) is 5.82 Å². The molecule has 0 aliphatic rings. The van der Waals surface area contributed by atoms with E-state index < -0.39 is 23.4 Å². The summed E-state index contributed by atoms with van der Waals surface area (Å²) in [5.74, 6) is -1.57. The zero-order chi connectivity index (χ0) is 17.3. The highest BCUT2D eigenvalue weighted by atomic mass is 19.1. The second-order valence-corrected chi connectivity index (χ2v) is 5.54. The van der Waals surface area contributed by atoms with Gasteiger partial charge in [-0.25, -0.2) is 4.39 Å². The first-order valence-electron chi connectivity index (χ1n) is 7.38. The van der Waals surface area contributed by atoms with Crippen molar-refractivity contribution < 1.29 is 9.18 Å². The van der Waals surface area contributed by atoms with Crippen LogP contribution in [-0.2, 0) is 4.79 Å². The molecule has 3 aromatic rings. The van der Waals surface area contributed by atoms with Crippen molar-refractivity contribution >= 4 is 16.8 Å². The van der Waals surface area contributed by atoms with Gasteiger partial charge in [-0.1, -0.05) is 36.4 Å². The summed E-state index contributed by atoms with van der Waals surface area (Å²) in [7, 11) is 0. The maximum Gasteiger partial charge on any atom is 0.278 e. The van der Waals surface area contributed by atoms with Gasteiger partial charge in [-0.15, -0.1) is 5.10 Å². The smallest absolute Gasteiger partial charge is 0.278 e. The number of primary amides is 1. The van der Waals surface area contributed by atoms with Crippen LogP contribution in [0.2, 0.25) is 0 Å². The highest BCUT2D eigenvalue weighted by Crippen LogP contribution is 2.27. The number of benzene rings is 2. The minimum Gasteiger partial charge on any atom is -0.368 e. The van der Waals surface area contributed by atoms with Gasteiger partial charge in [0.1, 0.15) is 17.4 Å². The van der Waals surface area contributed by atoms with E-state index in [2.05, 4.69) is 10.3 Å². The lowest BCUT2D eigenvalue weighted by Crippen LogP contribution is -2.39. The Morgan fingerprint density at radius 2 is 1.83 bits per heavy atom. The van der Waals surface area contributed by atoms with E-state index in [1.165, 1.54) is 12.1 Å². The third-order valence-electron chi connectivity index (χ3n) is 4.02. The average Bonchev–Trinajstić information content (AvgIpc) is 2.57. The van der Waals surface area contributed by atoms with Crippen molar-refractivity contribution in [2.24, 2.45) is 5.73 Å². The van der Waals surface area contributed by atoms with Crippen LogP contribution in [0.4, 0.5) is 4.39 Å². The Labute approximate surface area is 136 Å². The van der Waals surface area contributed by atoms with E-state index in [9.17, 15) is 14.0 Å². The molecule has 0 fully saturated rings. The summed E-state index contributed by atoms with van der Waals surface area (Å²) in [4.78, 5) is 24.6. The molecule has 2 unspecified atom stereocenters. The molecular formula is C17H15FN4O2. The molecule has 1 aromatic heterocycles. The van der Waals surface area contributed by atoms with E-state index in [4.69, 9.17) is 5.73 Å². The monoisotopic (exact) mass is 326 g/mol. The lowest BCUT2D eigenvalue weighted by Gasteiger charge is -2.22. The molecule has 2 aromatic carbocycles. The van der Waals surface area contributed by atoms with Gasteiger partial charge < -0.3 is 5.73 Å². The molecular weight excluding hydrogens is 311 g/mol. The van der Waals surface area contributed by atoms with Crippen LogP contribution in [0, 0.1) is 5.82 Å². The standard InChI is InChI=1S/C17H15FN4O2/c1-10(11-6-8-12(18)9-7-11)15(16(19)23)22-17(24)13-4-2-3-5-14(13)20-21-22/h2-10,15H,1H3,(H2,19,23). The molecule has 24 heavy (non-hydrogen) atoms. The first-order chi connectivity index (χ1) is 11.5. The van der Waals surface area contributed by atoms with Crippen molar-refractivity contribution in [1.29, 1.82) is 0 Å².